The minimum Gasteiger partial charge on any atom is -0.368 e. The highest BCUT2D eigenvalue weighted by atomic mass is 35.5. The number of carbonyl (C=O) groups excluding carboxylic acids is 1. The SMILES string of the molecule is CCS(=N)(=O)CCNC(=O)c1cc(Cl)cc(C)c1NC(O)c1cc(C(F)(F)F)nn1-c1ncccc1Cl. The van der Waals surface area contributed by atoms with Gasteiger partial charge in [-0.2, -0.15) is 18.3 Å². The van der Waals surface area contributed by atoms with Gasteiger partial charge in [-0.3, -0.25) is 9.57 Å². The van der Waals surface area contributed by atoms with E-state index >= 15 is 0 Å². The monoisotopic (exact) mass is 578 g/mol. The fourth-order valence-electron chi connectivity index (χ4n) is 3.33. The zero-order valence-electron chi connectivity index (χ0n) is 19.6. The van der Waals surface area contributed by atoms with Gasteiger partial charge >= 0.3 is 6.18 Å². The molecule has 200 valence electrons. The van der Waals surface area contributed by atoms with Crippen molar-refractivity contribution in [1.29, 1.82) is 4.78 Å². The van der Waals surface area contributed by atoms with Crippen molar-refractivity contribution in [2.75, 3.05) is 23.4 Å². The van der Waals surface area contributed by atoms with E-state index in [1.54, 1.807) is 13.8 Å². The van der Waals surface area contributed by atoms with Crippen molar-refractivity contribution in [3.05, 3.63) is 69.1 Å². The first-order valence-electron chi connectivity index (χ1n) is 10.8. The standard InChI is InChI=1S/C22H23Cl2F3N6O3S/c1-3-37(28,36)8-7-30-20(34)14-10-13(23)9-12(2)18(14)31-21(35)16-11-17(22(25,26)27)32-33(16)19-15(24)5-4-6-29-19/h4-6,9-11,21,28,31,35H,3,7-8H2,1-2H3,(H,30,34). The Morgan fingerprint density at radius 1 is 1.30 bits per heavy atom. The summed E-state index contributed by atoms with van der Waals surface area (Å²) in [6.07, 6.45) is -5.31. The molecule has 1 aromatic carbocycles. The van der Waals surface area contributed by atoms with Crippen molar-refractivity contribution < 1.29 is 27.3 Å². The second-order valence-corrected chi connectivity index (χ2v) is 11.4. The maximum Gasteiger partial charge on any atom is 0.435 e. The molecule has 4 N–H and O–H groups in total. The van der Waals surface area contributed by atoms with Crippen molar-refractivity contribution in [3.8, 4) is 5.82 Å². The first-order chi connectivity index (χ1) is 17.2. The van der Waals surface area contributed by atoms with Crippen molar-refractivity contribution in [2.24, 2.45) is 0 Å². The largest absolute Gasteiger partial charge is 0.435 e. The van der Waals surface area contributed by atoms with E-state index < -0.39 is 33.7 Å². The highest BCUT2D eigenvalue weighted by Crippen LogP contribution is 2.34. The van der Waals surface area contributed by atoms with Crippen molar-refractivity contribution in [3.63, 3.8) is 0 Å². The van der Waals surface area contributed by atoms with E-state index in [1.807, 2.05) is 0 Å². The van der Waals surface area contributed by atoms with E-state index in [2.05, 4.69) is 20.7 Å². The number of aliphatic hydroxyl groups excluding tert-OH is 1. The number of aliphatic hydroxyl groups is 1. The predicted octanol–water partition coefficient (Wildman–Crippen LogP) is 4.80. The van der Waals surface area contributed by atoms with E-state index in [0.29, 0.717) is 11.6 Å². The number of amides is 1. The molecule has 0 saturated heterocycles. The van der Waals surface area contributed by atoms with Gasteiger partial charge in [0, 0.05) is 39.0 Å². The number of aromatic nitrogens is 3. The number of rotatable bonds is 9. The lowest BCUT2D eigenvalue weighted by Crippen LogP contribution is -2.30. The predicted molar refractivity (Wildman–Crippen MR) is 135 cm³/mol. The summed E-state index contributed by atoms with van der Waals surface area (Å²) in [5.41, 5.74) is -1.15. The number of nitrogens with zero attached hydrogens (tertiary/aromatic N) is 3. The van der Waals surface area contributed by atoms with Crippen LogP contribution in [0, 0.1) is 11.7 Å². The summed E-state index contributed by atoms with van der Waals surface area (Å²) in [5.74, 6) is -0.726. The van der Waals surface area contributed by atoms with E-state index in [4.69, 9.17) is 28.0 Å². The summed E-state index contributed by atoms with van der Waals surface area (Å²) in [7, 11) is -2.84. The molecule has 0 saturated carbocycles. The van der Waals surface area contributed by atoms with E-state index in [-0.39, 0.29) is 50.9 Å². The first-order valence-corrected chi connectivity index (χ1v) is 13.4. The fourth-order valence-corrected chi connectivity index (χ4v) is 4.52. The van der Waals surface area contributed by atoms with Gasteiger partial charge in [-0.05, 0) is 42.8 Å². The third-order valence-electron chi connectivity index (χ3n) is 5.26. The normalized spacial score (nSPS) is 14.2. The number of benzene rings is 1. The molecule has 0 aliphatic carbocycles. The molecule has 0 fully saturated rings. The van der Waals surface area contributed by atoms with Crippen LogP contribution >= 0.6 is 23.2 Å². The number of aryl methyl sites for hydroxylation is 1. The zero-order valence-corrected chi connectivity index (χ0v) is 21.9. The number of anilines is 1. The van der Waals surface area contributed by atoms with Crippen LogP contribution in [0.1, 0.15) is 40.5 Å². The molecule has 2 unspecified atom stereocenters. The summed E-state index contributed by atoms with van der Waals surface area (Å²) >= 11 is 12.2. The molecule has 2 atom stereocenters. The Morgan fingerprint density at radius 3 is 2.62 bits per heavy atom. The van der Waals surface area contributed by atoms with Crippen LogP contribution in [0.4, 0.5) is 18.9 Å². The maximum absolute atomic E-state index is 13.5. The number of nitrogens with one attached hydrogen (secondary N) is 3. The van der Waals surface area contributed by atoms with Gasteiger partial charge in [-0.25, -0.2) is 13.9 Å². The summed E-state index contributed by atoms with van der Waals surface area (Å²) < 4.78 is 60.8. The van der Waals surface area contributed by atoms with Gasteiger partial charge in [-0.1, -0.05) is 30.1 Å². The minimum atomic E-state index is -4.82. The van der Waals surface area contributed by atoms with Crippen LogP contribution in [0.2, 0.25) is 10.0 Å². The number of alkyl halides is 3. The summed E-state index contributed by atoms with van der Waals surface area (Å²) in [6, 6.07) is 6.33. The van der Waals surface area contributed by atoms with E-state index in [1.165, 1.54) is 30.5 Å². The third kappa shape index (κ3) is 6.92. The van der Waals surface area contributed by atoms with E-state index in [0.717, 1.165) is 4.68 Å². The molecule has 9 nitrogen and oxygen atoms in total. The molecule has 1 amide bonds. The van der Waals surface area contributed by atoms with Gasteiger partial charge in [-0.15, -0.1) is 0 Å². The summed E-state index contributed by atoms with van der Waals surface area (Å²) in [6.45, 7) is 3.13. The van der Waals surface area contributed by atoms with Gasteiger partial charge in [0.1, 0.15) is 0 Å². The lowest BCUT2D eigenvalue weighted by molar-refractivity contribution is -0.141. The molecule has 3 aromatic rings. The maximum atomic E-state index is 13.5. The number of pyridine rings is 1. The third-order valence-corrected chi connectivity index (χ3v) is 7.57. The van der Waals surface area contributed by atoms with Crippen LogP contribution in [0.15, 0.2) is 36.5 Å². The molecule has 15 heteroatoms. The van der Waals surface area contributed by atoms with Crippen LogP contribution in [0.3, 0.4) is 0 Å². The van der Waals surface area contributed by atoms with Crippen LogP contribution in [-0.4, -0.2) is 48.0 Å². The highest BCUT2D eigenvalue weighted by molar-refractivity contribution is 7.92. The smallest absolute Gasteiger partial charge is 0.368 e. The molecule has 2 heterocycles. The molecule has 0 spiro atoms. The van der Waals surface area contributed by atoms with Crippen molar-refractivity contribution >= 4 is 44.5 Å². The second kappa shape index (κ2) is 11.3. The van der Waals surface area contributed by atoms with Crippen LogP contribution in [0.25, 0.3) is 5.82 Å². The Bertz CT molecular complexity index is 1410. The van der Waals surface area contributed by atoms with Gasteiger partial charge in [0.2, 0.25) is 0 Å². The van der Waals surface area contributed by atoms with Crippen LogP contribution in [-0.2, 0) is 15.9 Å². The number of halogens is 5. The first kappa shape index (κ1) is 28.7. The number of hydrogen-bond acceptors (Lipinski definition) is 7. The Hall–Kier alpha value is -2.87. The zero-order chi connectivity index (χ0) is 27.5. The molecule has 0 aliphatic rings. The lowest BCUT2D eigenvalue weighted by atomic mass is 10.1. The van der Waals surface area contributed by atoms with Gasteiger partial charge in [0.05, 0.1) is 22.0 Å². The average molecular weight is 579 g/mol. The molecule has 0 bridgehead atoms. The summed E-state index contributed by atoms with van der Waals surface area (Å²) in [5, 5.41) is 19.9. The molecular weight excluding hydrogens is 556 g/mol. The van der Waals surface area contributed by atoms with Crippen molar-refractivity contribution in [1.82, 2.24) is 20.1 Å². The lowest BCUT2D eigenvalue weighted by Gasteiger charge is -2.20. The molecule has 37 heavy (non-hydrogen) atoms. The van der Waals surface area contributed by atoms with Crippen LogP contribution < -0.4 is 10.6 Å². The number of hydrogen-bond donors (Lipinski definition) is 4. The Balaban J connectivity index is 1.99. The van der Waals surface area contributed by atoms with Gasteiger partial charge in [0.15, 0.2) is 17.7 Å². The minimum absolute atomic E-state index is 0.00596. The second-order valence-electron chi connectivity index (χ2n) is 7.93. The van der Waals surface area contributed by atoms with Gasteiger partial charge < -0.3 is 15.7 Å². The molecule has 2 aromatic heterocycles. The van der Waals surface area contributed by atoms with Crippen molar-refractivity contribution in [2.45, 2.75) is 26.3 Å². The number of carbonyl (C=O) groups is 1. The molecule has 0 radical (unpaired) electrons. The summed E-state index contributed by atoms with van der Waals surface area (Å²) in [4.78, 5) is 16.9. The Morgan fingerprint density at radius 2 is 2.00 bits per heavy atom. The molecular formula is C22H23Cl2F3N6O3S. The fraction of sp³-hybridized carbons (Fsp3) is 0.318. The average Bonchev–Trinajstić information content (AvgIpc) is 3.26. The quantitative estimate of drug-likeness (QED) is 0.269. The molecule has 0 aliphatic heterocycles. The Labute approximate surface area is 221 Å². The van der Waals surface area contributed by atoms with Crippen LogP contribution in [0.5, 0.6) is 0 Å². The van der Waals surface area contributed by atoms with E-state index in [9.17, 15) is 27.3 Å². The van der Waals surface area contributed by atoms with Gasteiger partial charge in [0.25, 0.3) is 5.91 Å². The topological polar surface area (TPSA) is 133 Å². The molecule has 3 rings (SSSR count). The highest BCUT2D eigenvalue weighted by Gasteiger charge is 2.36. The Kier molecular flexibility index (Phi) is 8.73.